The van der Waals surface area contributed by atoms with Crippen LogP contribution in [0.1, 0.15) is 23.6 Å². The lowest BCUT2D eigenvalue weighted by Gasteiger charge is -2.14. The maximum atomic E-state index is 12.4. The van der Waals surface area contributed by atoms with Gasteiger partial charge in [0.1, 0.15) is 0 Å². The van der Waals surface area contributed by atoms with Crippen molar-refractivity contribution in [3.8, 4) is 11.5 Å². The zero-order valence-corrected chi connectivity index (χ0v) is 20.1. The largest absolute Gasteiger partial charge is 0.490 e. The molecule has 2 aromatic carbocycles. The van der Waals surface area contributed by atoms with Crippen LogP contribution < -0.4 is 9.47 Å². The Morgan fingerprint density at radius 3 is 2.73 bits per heavy atom. The van der Waals surface area contributed by atoms with Crippen molar-refractivity contribution in [2.24, 2.45) is 4.99 Å². The van der Waals surface area contributed by atoms with Crippen molar-refractivity contribution >= 4 is 52.2 Å². The van der Waals surface area contributed by atoms with Crippen LogP contribution >= 0.6 is 22.6 Å². The van der Waals surface area contributed by atoms with Crippen molar-refractivity contribution < 1.29 is 33.5 Å². The maximum absolute atomic E-state index is 12.4. The van der Waals surface area contributed by atoms with Crippen LogP contribution in [0.25, 0.3) is 6.08 Å². The van der Waals surface area contributed by atoms with E-state index >= 15 is 0 Å². The Bertz CT molecular complexity index is 1190. The molecule has 0 saturated carbocycles. The zero-order valence-electron chi connectivity index (χ0n) is 17.9. The van der Waals surface area contributed by atoms with Gasteiger partial charge in [0.2, 0.25) is 5.90 Å². The number of cyclic esters (lactones) is 1. The summed E-state index contributed by atoms with van der Waals surface area (Å²) in [4.78, 5) is 38.8. The average molecular weight is 566 g/mol. The Kier molecular flexibility index (Phi) is 7.63. The number of carbonyl (C=O) groups excluding carboxylic acids is 2. The molecule has 33 heavy (non-hydrogen) atoms. The first kappa shape index (κ1) is 24.2. The van der Waals surface area contributed by atoms with E-state index in [4.69, 9.17) is 14.2 Å². The van der Waals surface area contributed by atoms with Gasteiger partial charge in [-0.25, -0.2) is 14.6 Å². The summed E-state index contributed by atoms with van der Waals surface area (Å²) < 4.78 is 21.7. The Labute approximate surface area is 202 Å². The topological polar surface area (TPSA) is 127 Å². The quantitative estimate of drug-likeness (QED) is 0.155. The van der Waals surface area contributed by atoms with E-state index < -0.39 is 16.9 Å². The molecule has 0 aliphatic carbocycles. The first-order chi connectivity index (χ1) is 15.7. The van der Waals surface area contributed by atoms with Gasteiger partial charge >= 0.3 is 11.9 Å². The van der Waals surface area contributed by atoms with E-state index in [1.807, 2.05) is 22.6 Å². The summed E-state index contributed by atoms with van der Waals surface area (Å²) in [5.41, 5.74) is 1.22. The first-order valence-corrected chi connectivity index (χ1v) is 10.8. The Hall–Kier alpha value is -3.48. The molecular weight excluding hydrogens is 547 g/mol. The molecule has 1 aliphatic rings. The summed E-state index contributed by atoms with van der Waals surface area (Å²) in [7, 11) is 1.26. The van der Waals surface area contributed by atoms with E-state index in [0.717, 1.165) is 0 Å². The number of hydrogen-bond acceptors (Lipinski definition) is 9. The Morgan fingerprint density at radius 1 is 1.30 bits per heavy atom. The lowest BCUT2D eigenvalue weighted by atomic mass is 10.1. The molecule has 3 rings (SSSR count). The van der Waals surface area contributed by atoms with Gasteiger partial charge in [-0.3, -0.25) is 10.1 Å². The van der Waals surface area contributed by atoms with E-state index in [9.17, 15) is 19.7 Å². The number of halogens is 1. The molecule has 0 atom stereocenters. The van der Waals surface area contributed by atoms with Gasteiger partial charge in [-0.2, -0.15) is 0 Å². The van der Waals surface area contributed by atoms with Crippen molar-refractivity contribution in [1.29, 1.82) is 0 Å². The van der Waals surface area contributed by atoms with E-state index in [2.05, 4.69) is 9.73 Å². The number of aliphatic imine (C=N–C) groups is 1. The second kappa shape index (κ2) is 10.4. The number of nitro groups is 1. The highest BCUT2D eigenvalue weighted by Crippen LogP contribution is 2.35. The molecule has 0 N–H and O–H groups in total. The van der Waals surface area contributed by atoms with E-state index in [0.29, 0.717) is 38.4 Å². The number of hydrogen-bond donors (Lipinski definition) is 0. The van der Waals surface area contributed by atoms with Gasteiger partial charge in [0.05, 0.1) is 22.2 Å². The molecule has 0 aromatic heterocycles. The minimum atomic E-state index is -0.685. The molecule has 10 nitrogen and oxygen atoms in total. The zero-order chi connectivity index (χ0) is 24.1. The van der Waals surface area contributed by atoms with Gasteiger partial charge in [0.25, 0.3) is 5.69 Å². The number of methoxy groups -OCH3 is 1. The second-order valence-electron chi connectivity index (χ2n) is 6.67. The molecule has 0 radical (unpaired) electrons. The molecule has 0 saturated heterocycles. The smallest absolute Gasteiger partial charge is 0.363 e. The van der Waals surface area contributed by atoms with Crippen LogP contribution in [0, 0.1) is 20.6 Å². The third kappa shape index (κ3) is 5.48. The lowest BCUT2D eigenvalue weighted by Crippen LogP contribution is -2.14. The SMILES string of the molecule is CCOc1cc(/C=C2\N=C(c3cccc([N+](=O)[O-])c3C)OC2=O)cc(I)c1OCC(=O)OC. The van der Waals surface area contributed by atoms with Crippen LogP contribution in [0.3, 0.4) is 0 Å². The Balaban J connectivity index is 1.96. The standard InChI is InChI=1S/C22H19IN2O8/c1-4-31-18-10-13(8-15(23)20(18)32-11-19(26)30-3)9-16-22(27)33-21(24-16)14-6-5-7-17(12(14)2)25(28)29/h5-10H,4,11H2,1-3H3/b16-9-. The van der Waals surface area contributed by atoms with E-state index in [1.165, 1.54) is 25.3 Å². The van der Waals surface area contributed by atoms with Crippen LogP contribution in [0.4, 0.5) is 5.69 Å². The summed E-state index contributed by atoms with van der Waals surface area (Å²) in [6, 6.07) is 7.84. The minimum Gasteiger partial charge on any atom is -0.490 e. The summed E-state index contributed by atoms with van der Waals surface area (Å²) in [6.45, 7) is 3.43. The molecular formula is C22H19IN2O8. The molecule has 172 valence electrons. The monoisotopic (exact) mass is 566 g/mol. The van der Waals surface area contributed by atoms with Crippen LogP contribution in [0.15, 0.2) is 41.0 Å². The number of esters is 2. The van der Waals surface area contributed by atoms with Gasteiger partial charge in [-0.15, -0.1) is 0 Å². The second-order valence-corrected chi connectivity index (χ2v) is 7.83. The van der Waals surface area contributed by atoms with Crippen LogP contribution in [-0.4, -0.2) is 43.1 Å². The molecule has 0 amide bonds. The number of rotatable bonds is 8. The Morgan fingerprint density at radius 2 is 2.06 bits per heavy atom. The van der Waals surface area contributed by atoms with Gasteiger partial charge in [-0.1, -0.05) is 6.07 Å². The predicted octanol–water partition coefficient (Wildman–Crippen LogP) is 3.80. The number of ether oxygens (including phenoxy) is 4. The third-order valence-corrected chi connectivity index (χ3v) is 5.35. The molecule has 0 bridgehead atoms. The fraction of sp³-hybridized carbons (Fsp3) is 0.227. The number of nitrogens with zero attached hydrogens (tertiary/aromatic N) is 2. The van der Waals surface area contributed by atoms with Gasteiger partial charge in [0, 0.05) is 17.2 Å². The average Bonchev–Trinajstić information content (AvgIpc) is 3.12. The lowest BCUT2D eigenvalue weighted by molar-refractivity contribution is -0.385. The molecule has 2 aromatic rings. The molecule has 11 heteroatoms. The van der Waals surface area contributed by atoms with Crippen molar-refractivity contribution in [2.45, 2.75) is 13.8 Å². The van der Waals surface area contributed by atoms with E-state index in [-0.39, 0.29) is 23.9 Å². The minimum absolute atomic E-state index is 0.00906. The maximum Gasteiger partial charge on any atom is 0.363 e. The normalized spacial score (nSPS) is 14.0. The third-order valence-electron chi connectivity index (χ3n) is 4.55. The molecule has 1 aliphatic heterocycles. The summed E-state index contributed by atoms with van der Waals surface area (Å²) >= 11 is 2.03. The highest BCUT2D eigenvalue weighted by Gasteiger charge is 2.27. The van der Waals surface area contributed by atoms with Gasteiger partial charge in [0.15, 0.2) is 23.8 Å². The molecule has 0 fully saturated rings. The summed E-state index contributed by atoms with van der Waals surface area (Å²) in [5, 5.41) is 11.2. The fourth-order valence-electron chi connectivity index (χ4n) is 3.00. The molecule has 0 unspecified atom stereocenters. The van der Waals surface area contributed by atoms with Gasteiger partial charge < -0.3 is 18.9 Å². The first-order valence-electron chi connectivity index (χ1n) is 9.68. The number of benzene rings is 2. The van der Waals surface area contributed by atoms with Crippen molar-refractivity contribution in [3.05, 3.63) is 66.4 Å². The van der Waals surface area contributed by atoms with Crippen LogP contribution in [-0.2, 0) is 19.1 Å². The van der Waals surface area contributed by atoms with Crippen LogP contribution in [0.2, 0.25) is 0 Å². The van der Waals surface area contributed by atoms with Gasteiger partial charge in [-0.05, 0) is 66.3 Å². The fourth-order valence-corrected chi connectivity index (χ4v) is 3.78. The molecule has 1 heterocycles. The molecule has 0 spiro atoms. The van der Waals surface area contributed by atoms with Crippen molar-refractivity contribution in [3.63, 3.8) is 0 Å². The van der Waals surface area contributed by atoms with Crippen molar-refractivity contribution in [1.82, 2.24) is 0 Å². The highest BCUT2D eigenvalue weighted by atomic mass is 127. The number of nitro benzene ring substituents is 1. The summed E-state index contributed by atoms with van der Waals surface area (Å²) in [5.74, 6) is -0.479. The predicted molar refractivity (Wildman–Crippen MR) is 126 cm³/mol. The van der Waals surface area contributed by atoms with Crippen LogP contribution in [0.5, 0.6) is 11.5 Å². The van der Waals surface area contributed by atoms with Crippen molar-refractivity contribution in [2.75, 3.05) is 20.3 Å². The van der Waals surface area contributed by atoms with E-state index in [1.54, 1.807) is 32.0 Å². The highest BCUT2D eigenvalue weighted by molar-refractivity contribution is 14.1. The number of carbonyl (C=O) groups is 2. The summed E-state index contributed by atoms with van der Waals surface area (Å²) in [6.07, 6.45) is 1.51.